The van der Waals surface area contributed by atoms with E-state index >= 15 is 0 Å². The SMILES string of the molecule is CN1CCN(Cc2cccc(CNC(=O)c3csc(-c4cccs4)n3)c2)CC1. The Labute approximate surface area is 173 Å². The molecule has 1 aliphatic rings. The van der Waals surface area contributed by atoms with Crippen LogP contribution in [-0.2, 0) is 13.1 Å². The molecule has 146 valence electrons. The van der Waals surface area contributed by atoms with Gasteiger partial charge in [0.05, 0.1) is 4.88 Å². The third kappa shape index (κ3) is 4.86. The number of piperazine rings is 1. The van der Waals surface area contributed by atoms with Crippen molar-refractivity contribution in [1.82, 2.24) is 20.1 Å². The zero-order valence-corrected chi connectivity index (χ0v) is 17.6. The van der Waals surface area contributed by atoms with Crippen LogP contribution in [0.5, 0.6) is 0 Å². The minimum absolute atomic E-state index is 0.122. The summed E-state index contributed by atoms with van der Waals surface area (Å²) in [5.41, 5.74) is 2.90. The molecule has 0 radical (unpaired) electrons. The molecular formula is C21H24N4OS2. The Hall–Kier alpha value is -2.06. The minimum atomic E-state index is -0.122. The molecule has 3 heterocycles. The first-order valence-corrected chi connectivity index (χ1v) is 11.2. The number of thiophene rings is 1. The second-order valence-corrected chi connectivity index (χ2v) is 8.90. The lowest BCUT2D eigenvalue weighted by molar-refractivity contribution is 0.0946. The molecule has 1 aliphatic heterocycles. The minimum Gasteiger partial charge on any atom is -0.347 e. The van der Waals surface area contributed by atoms with E-state index in [0.717, 1.165) is 48.2 Å². The highest BCUT2D eigenvalue weighted by Crippen LogP contribution is 2.27. The smallest absolute Gasteiger partial charge is 0.271 e. The molecule has 1 N–H and O–H groups in total. The number of nitrogens with one attached hydrogen (secondary N) is 1. The summed E-state index contributed by atoms with van der Waals surface area (Å²) >= 11 is 3.15. The van der Waals surface area contributed by atoms with Gasteiger partial charge < -0.3 is 10.2 Å². The molecule has 7 heteroatoms. The Balaban J connectivity index is 1.32. The molecule has 1 aromatic carbocycles. The normalized spacial score (nSPS) is 15.6. The molecule has 0 unspecified atom stereocenters. The molecule has 0 spiro atoms. The number of aromatic nitrogens is 1. The largest absolute Gasteiger partial charge is 0.347 e. The Morgan fingerprint density at radius 2 is 1.93 bits per heavy atom. The van der Waals surface area contributed by atoms with E-state index < -0.39 is 0 Å². The highest BCUT2D eigenvalue weighted by atomic mass is 32.1. The van der Waals surface area contributed by atoms with Crippen molar-refractivity contribution in [1.29, 1.82) is 0 Å². The van der Waals surface area contributed by atoms with Gasteiger partial charge in [-0.1, -0.05) is 30.3 Å². The average molecular weight is 413 g/mol. The summed E-state index contributed by atoms with van der Waals surface area (Å²) in [6.07, 6.45) is 0. The molecule has 0 bridgehead atoms. The van der Waals surface area contributed by atoms with Crippen molar-refractivity contribution >= 4 is 28.6 Å². The van der Waals surface area contributed by atoms with Crippen LogP contribution in [-0.4, -0.2) is 53.9 Å². The van der Waals surface area contributed by atoms with Gasteiger partial charge in [-0.15, -0.1) is 22.7 Å². The monoisotopic (exact) mass is 412 g/mol. The highest BCUT2D eigenvalue weighted by Gasteiger charge is 2.15. The lowest BCUT2D eigenvalue weighted by Crippen LogP contribution is -2.43. The Bertz CT molecular complexity index is 914. The van der Waals surface area contributed by atoms with Crippen molar-refractivity contribution in [2.45, 2.75) is 13.1 Å². The number of thiazole rings is 1. The fraction of sp³-hybridized carbons (Fsp3) is 0.333. The summed E-state index contributed by atoms with van der Waals surface area (Å²) in [5, 5.41) is 7.74. The van der Waals surface area contributed by atoms with Crippen molar-refractivity contribution in [3.05, 3.63) is 64.0 Å². The average Bonchev–Trinajstić information content (AvgIpc) is 3.40. The standard InChI is InChI=1S/C21H24N4OS2/c1-24-7-9-25(10-8-24)14-17-5-2-4-16(12-17)13-22-20(26)18-15-28-21(23-18)19-6-3-11-27-19/h2-6,11-12,15H,7-10,13-14H2,1H3,(H,22,26). The van der Waals surface area contributed by atoms with E-state index in [9.17, 15) is 4.79 Å². The molecule has 0 saturated carbocycles. The molecule has 4 rings (SSSR count). The summed E-state index contributed by atoms with van der Waals surface area (Å²) in [7, 11) is 2.17. The van der Waals surface area contributed by atoms with E-state index in [0.29, 0.717) is 12.2 Å². The van der Waals surface area contributed by atoms with Gasteiger partial charge in [0.25, 0.3) is 5.91 Å². The number of likely N-dealkylation sites (N-methyl/N-ethyl adjacent to an activating group) is 1. The third-order valence-corrected chi connectivity index (χ3v) is 6.80. The molecule has 1 amide bonds. The molecule has 3 aromatic rings. The maximum Gasteiger partial charge on any atom is 0.271 e. The van der Waals surface area contributed by atoms with Crippen LogP contribution in [0.2, 0.25) is 0 Å². The maximum absolute atomic E-state index is 12.5. The van der Waals surface area contributed by atoms with Crippen LogP contribution in [0.4, 0.5) is 0 Å². The molecule has 5 nitrogen and oxygen atoms in total. The van der Waals surface area contributed by atoms with Crippen molar-refractivity contribution in [3.63, 3.8) is 0 Å². The summed E-state index contributed by atoms with van der Waals surface area (Å²) in [6.45, 7) is 5.93. The van der Waals surface area contributed by atoms with E-state index in [1.165, 1.54) is 16.9 Å². The second-order valence-electron chi connectivity index (χ2n) is 7.10. The Morgan fingerprint density at radius 3 is 2.71 bits per heavy atom. The maximum atomic E-state index is 12.5. The first kappa shape index (κ1) is 19.3. The summed E-state index contributed by atoms with van der Waals surface area (Å²) in [4.78, 5) is 22.9. The van der Waals surface area contributed by atoms with Gasteiger partial charge in [0, 0.05) is 44.6 Å². The molecule has 1 fully saturated rings. The van der Waals surface area contributed by atoms with Crippen LogP contribution in [0.3, 0.4) is 0 Å². The van der Waals surface area contributed by atoms with Crippen LogP contribution in [0.15, 0.2) is 47.2 Å². The van der Waals surface area contributed by atoms with Gasteiger partial charge >= 0.3 is 0 Å². The number of carbonyl (C=O) groups is 1. The fourth-order valence-corrected chi connectivity index (χ4v) is 4.88. The van der Waals surface area contributed by atoms with E-state index in [1.807, 2.05) is 22.9 Å². The van der Waals surface area contributed by atoms with E-state index in [1.54, 1.807) is 11.3 Å². The van der Waals surface area contributed by atoms with Gasteiger partial charge in [0.1, 0.15) is 10.7 Å². The van der Waals surface area contributed by atoms with Crippen LogP contribution in [0.25, 0.3) is 9.88 Å². The van der Waals surface area contributed by atoms with Crippen LogP contribution < -0.4 is 5.32 Å². The molecule has 28 heavy (non-hydrogen) atoms. The zero-order valence-electron chi connectivity index (χ0n) is 15.9. The Kier molecular flexibility index (Phi) is 6.17. The number of hydrogen-bond acceptors (Lipinski definition) is 6. The molecule has 0 atom stereocenters. The van der Waals surface area contributed by atoms with Gasteiger partial charge in [-0.2, -0.15) is 0 Å². The summed E-state index contributed by atoms with van der Waals surface area (Å²) < 4.78 is 0. The molecule has 2 aromatic heterocycles. The second kappa shape index (κ2) is 8.96. The van der Waals surface area contributed by atoms with Crippen molar-refractivity contribution in [2.75, 3.05) is 33.2 Å². The zero-order chi connectivity index (χ0) is 19.3. The van der Waals surface area contributed by atoms with Crippen LogP contribution in [0, 0.1) is 0 Å². The van der Waals surface area contributed by atoms with Crippen LogP contribution >= 0.6 is 22.7 Å². The quantitative estimate of drug-likeness (QED) is 0.673. The predicted molar refractivity (Wildman–Crippen MR) is 116 cm³/mol. The molecule has 1 saturated heterocycles. The number of nitrogens with zero attached hydrogens (tertiary/aromatic N) is 3. The van der Waals surface area contributed by atoms with Crippen molar-refractivity contribution < 1.29 is 4.79 Å². The van der Waals surface area contributed by atoms with Gasteiger partial charge in [0.15, 0.2) is 0 Å². The molecular weight excluding hydrogens is 388 g/mol. The fourth-order valence-electron chi connectivity index (χ4n) is 3.27. The number of carbonyl (C=O) groups excluding carboxylic acids is 1. The first-order chi connectivity index (χ1) is 13.7. The summed E-state index contributed by atoms with van der Waals surface area (Å²) in [5.74, 6) is -0.122. The molecule has 0 aliphatic carbocycles. The number of hydrogen-bond donors (Lipinski definition) is 1. The summed E-state index contributed by atoms with van der Waals surface area (Å²) in [6, 6.07) is 12.5. The predicted octanol–water partition coefficient (Wildman–Crippen LogP) is 3.55. The van der Waals surface area contributed by atoms with Crippen LogP contribution in [0.1, 0.15) is 21.6 Å². The topological polar surface area (TPSA) is 48.5 Å². The number of rotatable bonds is 6. The van der Waals surface area contributed by atoms with Gasteiger partial charge in [-0.3, -0.25) is 9.69 Å². The van der Waals surface area contributed by atoms with Gasteiger partial charge in [0.2, 0.25) is 0 Å². The van der Waals surface area contributed by atoms with Gasteiger partial charge in [-0.05, 0) is 29.6 Å². The number of amides is 1. The van der Waals surface area contributed by atoms with Gasteiger partial charge in [-0.25, -0.2) is 4.98 Å². The van der Waals surface area contributed by atoms with E-state index in [4.69, 9.17) is 0 Å². The first-order valence-electron chi connectivity index (χ1n) is 9.44. The van der Waals surface area contributed by atoms with Crippen molar-refractivity contribution in [3.8, 4) is 9.88 Å². The lowest BCUT2D eigenvalue weighted by atomic mass is 10.1. The lowest BCUT2D eigenvalue weighted by Gasteiger charge is -2.32. The number of benzene rings is 1. The van der Waals surface area contributed by atoms with E-state index in [2.05, 4.69) is 51.4 Å². The highest BCUT2D eigenvalue weighted by molar-refractivity contribution is 7.20. The van der Waals surface area contributed by atoms with Crippen molar-refractivity contribution in [2.24, 2.45) is 0 Å². The third-order valence-electron chi connectivity index (χ3n) is 4.92. The van der Waals surface area contributed by atoms with E-state index in [-0.39, 0.29) is 5.91 Å². The Morgan fingerprint density at radius 1 is 1.11 bits per heavy atom.